The van der Waals surface area contributed by atoms with Crippen LogP contribution in [0.1, 0.15) is 32.6 Å². The molecule has 92 valence electrons. The van der Waals surface area contributed by atoms with Crippen molar-refractivity contribution in [3.8, 4) is 6.07 Å². The van der Waals surface area contributed by atoms with Crippen LogP contribution in [0, 0.1) is 11.3 Å². The Labute approximate surface area is 98.2 Å². The summed E-state index contributed by atoms with van der Waals surface area (Å²) in [5.41, 5.74) is 0. The van der Waals surface area contributed by atoms with Crippen LogP contribution >= 0.6 is 0 Å². The zero-order valence-corrected chi connectivity index (χ0v) is 10.2. The Morgan fingerprint density at radius 1 is 1.62 bits per heavy atom. The van der Waals surface area contributed by atoms with Gasteiger partial charge in [-0.15, -0.1) is 0 Å². The molecule has 0 amide bonds. The number of hydrogen-bond donors (Lipinski definition) is 2. The third kappa shape index (κ3) is 4.09. The molecule has 0 aromatic carbocycles. The summed E-state index contributed by atoms with van der Waals surface area (Å²) in [6.07, 6.45) is 3.99. The minimum Gasteiger partial charge on any atom is -0.395 e. The summed E-state index contributed by atoms with van der Waals surface area (Å²) in [6, 6.07) is 3.07. The van der Waals surface area contributed by atoms with Gasteiger partial charge in [0.05, 0.1) is 19.1 Å². The van der Waals surface area contributed by atoms with Crippen molar-refractivity contribution >= 4 is 0 Å². The maximum atomic E-state index is 9.08. The Kier molecular flexibility index (Phi) is 6.39. The maximum Gasteiger partial charge on any atom is 0.0638 e. The molecule has 0 aromatic rings. The largest absolute Gasteiger partial charge is 0.395 e. The highest BCUT2D eigenvalue weighted by molar-refractivity contribution is 4.85. The molecule has 1 aliphatic heterocycles. The smallest absolute Gasteiger partial charge is 0.0638 e. The topological polar surface area (TPSA) is 59.3 Å². The lowest BCUT2D eigenvalue weighted by molar-refractivity contribution is 0.138. The van der Waals surface area contributed by atoms with Crippen molar-refractivity contribution in [2.45, 2.75) is 44.7 Å². The molecule has 0 saturated carbocycles. The second-order valence-electron chi connectivity index (χ2n) is 4.44. The Balaban J connectivity index is 2.46. The molecule has 4 heteroatoms. The summed E-state index contributed by atoms with van der Waals surface area (Å²) >= 11 is 0. The average Bonchev–Trinajstić information content (AvgIpc) is 2.78. The van der Waals surface area contributed by atoms with E-state index in [1.54, 1.807) is 0 Å². The van der Waals surface area contributed by atoms with E-state index in [1.165, 1.54) is 12.8 Å². The summed E-state index contributed by atoms with van der Waals surface area (Å²) in [4.78, 5) is 2.26. The van der Waals surface area contributed by atoms with Crippen LogP contribution in [0.15, 0.2) is 0 Å². The molecule has 0 aromatic heterocycles. The fourth-order valence-electron chi connectivity index (χ4n) is 2.38. The highest BCUT2D eigenvalue weighted by atomic mass is 16.3. The van der Waals surface area contributed by atoms with Crippen LogP contribution in [0.4, 0.5) is 0 Å². The summed E-state index contributed by atoms with van der Waals surface area (Å²) < 4.78 is 0. The first-order chi connectivity index (χ1) is 7.81. The summed E-state index contributed by atoms with van der Waals surface area (Å²) in [6.45, 7) is 5.02. The lowest BCUT2D eigenvalue weighted by Gasteiger charge is -2.31. The number of rotatable bonds is 7. The molecular weight excluding hydrogens is 202 g/mol. The van der Waals surface area contributed by atoms with Gasteiger partial charge in [0.1, 0.15) is 0 Å². The van der Waals surface area contributed by atoms with Crippen molar-refractivity contribution in [1.82, 2.24) is 10.2 Å². The van der Waals surface area contributed by atoms with E-state index >= 15 is 0 Å². The van der Waals surface area contributed by atoms with E-state index in [-0.39, 0.29) is 6.61 Å². The van der Waals surface area contributed by atoms with Gasteiger partial charge in [0.2, 0.25) is 0 Å². The predicted molar refractivity (Wildman–Crippen MR) is 64.0 cm³/mol. The van der Waals surface area contributed by atoms with Gasteiger partial charge in [0.25, 0.3) is 0 Å². The fraction of sp³-hybridized carbons (Fsp3) is 0.917. The van der Waals surface area contributed by atoms with E-state index in [1.807, 2.05) is 0 Å². The van der Waals surface area contributed by atoms with E-state index in [0.29, 0.717) is 25.0 Å². The minimum absolute atomic E-state index is 0.175. The first-order valence-corrected chi connectivity index (χ1v) is 6.27. The molecule has 1 fully saturated rings. The van der Waals surface area contributed by atoms with Gasteiger partial charge in [-0.3, -0.25) is 4.90 Å². The minimum atomic E-state index is 0.175. The van der Waals surface area contributed by atoms with Gasteiger partial charge in [-0.2, -0.15) is 5.26 Å². The monoisotopic (exact) mass is 225 g/mol. The third-order valence-corrected chi connectivity index (χ3v) is 3.32. The van der Waals surface area contributed by atoms with Crippen LogP contribution in [-0.2, 0) is 0 Å². The predicted octanol–water partition coefficient (Wildman–Crippen LogP) is 0.725. The van der Waals surface area contributed by atoms with E-state index in [2.05, 4.69) is 23.2 Å². The van der Waals surface area contributed by atoms with Crippen molar-refractivity contribution in [2.75, 3.05) is 26.2 Å². The average molecular weight is 225 g/mol. The molecule has 1 aliphatic rings. The Hall–Kier alpha value is -0.630. The molecule has 2 N–H and O–H groups in total. The number of aliphatic hydroxyl groups excluding tert-OH is 1. The summed E-state index contributed by atoms with van der Waals surface area (Å²) in [5, 5.41) is 21.3. The molecule has 0 spiro atoms. The molecule has 1 heterocycles. The second-order valence-corrected chi connectivity index (χ2v) is 4.44. The quantitative estimate of drug-likeness (QED) is 0.670. The number of hydrogen-bond acceptors (Lipinski definition) is 4. The van der Waals surface area contributed by atoms with Gasteiger partial charge < -0.3 is 10.4 Å². The molecule has 4 nitrogen and oxygen atoms in total. The molecule has 0 aliphatic carbocycles. The van der Waals surface area contributed by atoms with Gasteiger partial charge in [-0.05, 0) is 25.8 Å². The highest BCUT2D eigenvalue weighted by Gasteiger charge is 2.22. The van der Waals surface area contributed by atoms with Crippen LogP contribution in [0.5, 0.6) is 0 Å². The molecule has 16 heavy (non-hydrogen) atoms. The standard InChI is InChI=1S/C12H23N3O/c1-2-12(5-6-13)15(8-9-16)10-11-4-3-7-14-11/h11-12,14,16H,2-5,7-10H2,1H3. The lowest BCUT2D eigenvalue weighted by Crippen LogP contribution is -2.44. The van der Waals surface area contributed by atoms with Crippen LogP contribution < -0.4 is 5.32 Å². The lowest BCUT2D eigenvalue weighted by atomic mass is 10.1. The Morgan fingerprint density at radius 3 is 2.94 bits per heavy atom. The summed E-state index contributed by atoms with van der Waals surface area (Å²) in [5.74, 6) is 0. The number of aliphatic hydroxyl groups is 1. The Morgan fingerprint density at radius 2 is 2.44 bits per heavy atom. The first-order valence-electron chi connectivity index (χ1n) is 6.27. The van der Waals surface area contributed by atoms with Crippen LogP contribution in [0.3, 0.4) is 0 Å². The number of nitriles is 1. The van der Waals surface area contributed by atoms with Gasteiger partial charge in [-0.1, -0.05) is 6.92 Å². The molecule has 0 radical (unpaired) electrons. The van der Waals surface area contributed by atoms with Gasteiger partial charge in [0.15, 0.2) is 0 Å². The van der Waals surface area contributed by atoms with Crippen molar-refractivity contribution < 1.29 is 5.11 Å². The highest BCUT2D eigenvalue weighted by Crippen LogP contribution is 2.13. The van der Waals surface area contributed by atoms with Crippen molar-refractivity contribution in [3.63, 3.8) is 0 Å². The van der Waals surface area contributed by atoms with Crippen LogP contribution in [0.2, 0.25) is 0 Å². The van der Waals surface area contributed by atoms with Crippen LogP contribution in [0.25, 0.3) is 0 Å². The Bertz CT molecular complexity index is 221. The molecule has 1 saturated heterocycles. The van der Waals surface area contributed by atoms with Gasteiger partial charge in [-0.25, -0.2) is 0 Å². The first kappa shape index (κ1) is 13.4. The molecule has 2 unspecified atom stereocenters. The maximum absolute atomic E-state index is 9.08. The van der Waals surface area contributed by atoms with E-state index in [4.69, 9.17) is 10.4 Å². The SMILES string of the molecule is CCC(CC#N)N(CCO)CC1CCCN1. The second kappa shape index (κ2) is 7.61. The van der Waals surface area contributed by atoms with E-state index in [0.717, 1.165) is 19.5 Å². The molecule has 1 rings (SSSR count). The van der Waals surface area contributed by atoms with Gasteiger partial charge >= 0.3 is 0 Å². The molecular formula is C12H23N3O. The van der Waals surface area contributed by atoms with E-state index < -0.39 is 0 Å². The fourth-order valence-corrected chi connectivity index (χ4v) is 2.38. The molecule has 2 atom stereocenters. The van der Waals surface area contributed by atoms with Crippen molar-refractivity contribution in [1.29, 1.82) is 5.26 Å². The summed E-state index contributed by atoms with van der Waals surface area (Å²) in [7, 11) is 0. The zero-order valence-electron chi connectivity index (χ0n) is 10.2. The number of nitrogens with zero attached hydrogens (tertiary/aromatic N) is 2. The zero-order chi connectivity index (χ0) is 11.8. The number of nitrogens with one attached hydrogen (secondary N) is 1. The normalized spacial score (nSPS) is 22.2. The van der Waals surface area contributed by atoms with Crippen LogP contribution in [-0.4, -0.2) is 48.3 Å². The van der Waals surface area contributed by atoms with E-state index in [9.17, 15) is 0 Å². The molecule has 0 bridgehead atoms. The van der Waals surface area contributed by atoms with Gasteiger partial charge in [0, 0.05) is 25.2 Å². The van der Waals surface area contributed by atoms with Crippen molar-refractivity contribution in [2.24, 2.45) is 0 Å². The van der Waals surface area contributed by atoms with Crippen molar-refractivity contribution in [3.05, 3.63) is 0 Å². The third-order valence-electron chi connectivity index (χ3n) is 3.32.